The lowest BCUT2D eigenvalue weighted by molar-refractivity contribution is 0.483. The van der Waals surface area contributed by atoms with E-state index >= 15 is 0 Å². The van der Waals surface area contributed by atoms with Crippen molar-refractivity contribution in [1.29, 1.82) is 0 Å². The van der Waals surface area contributed by atoms with Crippen LogP contribution in [0.3, 0.4) is 0 Å². The van der Waals surface area contributed by atoms with Crippen molar-refractivity contribution in [1.82, 2.24) is 0 Å². The van der Waals surface area contributed by atoms with E-state index in [9.17, 15) is 8.42 Å². The van der Waals surface area contributed by atoms with Crippen LogP contribution in [0.5, 0.6) is 11.5 Å². The predicted octanol–water partition coefficient (Wildman–Crippen LogP) is 4.07. The molecule has 0 aliphatic rings. The van der Waals surface area contributed by atoms with Gasteiger partial charge in [-0.1, -0.05) is 42.5 Å². The predicted molar refractivity (Wildman–Crippen MR) is 116 cm³/mol. The second-order valence-corrected chi connectivity index (χ2v) is 8.43. The second kappa shape index (κ2) is 9.75. The van der Waals surface area contributed by atoms with Crippen molar-refractivity contribution in [2.45, 2.75) is 11.3 Å². The number of rotatable bonds is 8. The van der Waals surface area contributed by atoms with E-state index in [0.717, 1.165) is 11.4 Å². The molecule has 3 rings (SSSR count). The standard InChI is InChI=1S/C22H23N3O3S/c23-22(24-15-8-16-29(26,27)21-13-5-2-6-14-21)25-18-9-7-12-20(17-18)28-19-10-3-1-4-11-19/h1-7,9-14,17H,8,15-16H2,(H3,23,24,25). The van der Waals surface area contributed by atoms with E-state index < -0.39 is 9.84 Å². The normalized spacial score (nSPS) is 11.8. The highest BCUT2D eigenvalue weighted by atomic mass is 32.2. The minimum atomic E-state index is -3.30. The summed E-state index contributed by atoms with van der Waals surface area (Å²) in [4.78, 5) is 4.53. The molecule has 0 aliphatic heterocycles. The summed E-state index contributed by atoms with van der Waals surface area (Å²) >= 11 is 0. The molecule has 3 N–H and O–H groups in total. The molecule has 0 saturated carbocycles. The summed E-state index contributed by atoms with van der Waals surface area (Å²) < 4.78 is 30.3. The van der Waals surface area contributed by atoms with Gasteiger partial charge in [-0.3, -0.25) is 4.99 Å². The maximum Gasteiger partial charge on any atom is 0.193 e. The van der Waals surface area contributed by atoms with Crippen molar-refractivity contribution in [2.75, 3.05) is 17.6 Å². The number of benzene rings is 3. The number of hydrogen-bond acceptors (Lipinski definition) is 4. The van der Waals surface area contributed by atoms with Gasteiger partial charge >= 0.3 is 0 Å². The van der Waals surface area contributed by atoms with Gasteiger partial charge in [-0.25, -0.2) is 8.42 Å². The highest BCUT2D eigenvalue weighted by Crippen LogP contribution is 2.23. The molecule has 0 saturated heterocycles. The van der Waals surface area contributed by atoms with Crippen LogP contribution >= 0.6 is 0 Å². The van der Waals surface area contributed by atoms with Crippen LogP contribution in [-0.2, 0) is 9.84 Å². The number of nitrogens with zero attached hydrogens (tertiary/aromatic N) is 1. The Bertz CT molecular complexity index is 1050. The molecule has 6 nitrogen and oxygen atoms in total. The van der Waals surface area contributed by atoms with Gasteiger partial charge in [-0.15, -0.1) is 0 Å². The number of ether oxygens (including phenoxy) is 1. The third-order valence-corrected chi connectivity index (χ3v) is 5.86. The van der Waals surface area contributed by atoms with E-state index in [1.54, 1.807) is 30.3 Å². The number of guanidine groups is 1. The number of hydrogen-bond donors (Lipinski definition) is 2. The van der Waals surface area contributed by atoms with Crippen LogP contribution in [0.1, 0.15) is 6.42 Å². The fraction of sp³-hybridized carbons (Fsp3) is 0.136. The van der Waals surface area contributed by atoms with Crippen LogP contribution in [0.2, 0.25) is 0 Å². The first-order valence-electron chi connectivity index (χ1n) is 9.21. The largest absolute Gasteiger partial charge is 0.457 e. The maximum atomic E-state index is 12.2. The molecular formula is C22H23N3O3S. The number of para-hydroxylation sites is 1. The SMILES string of the molecule is NC(=NCCCS(=O)(=O)c1ccccc1)Nc1cccc(Oc2ccccc2)c1. The fourth-order valence-electron chi connectivity index (χ4n) is 2.65. The van der Waals surface area contributed by atoms with Gasteiger partial charge in [0.15, 0.2) is 15.8 Å². The average molecular weight is 410 g/mol. The lowest BCUT2D eigenvalue weighted by Gasteiger charge is -2.09. The van der Waals surface area contributed by atoms with Crippen molar-refractivity contribution in [3.63, 3.8) is 0 Å². The van der Waals surface area contributed by atoms with E-state index in [2.05, 4.69) is 10.3 Å². The van der Waals surface area contributed by atoms with Crippen LogP contribution in [0, 0.1) is 0 Å². The van der Waals surface area contributed by atoms with Crippen LogP contribution < -0.4 is 15.8 Å². The van der Waals surface area contributed by atoms with Gasteiger partial charge in [0, 0.05) is 18.3 Å². The number of anilines is 1. The van der Waals surface area contributed by atoms with E-state index in [1.807, 2.05) is 54.6 Å². The van der Waals surface area contributed by atoms with Gasteiger partial charge in [-0.2, -0.15) is 0 Å². The number of aliphatic imine (C=N–C) groups is 1. The molecule has 0 amide bonds. The van der Waals surface area contributed by atoms with E-state index in [0.29, 0.717) is 23.6 Å². The highest BCUT2D eigenvalue weighted by molar-refractivity contribution is 7.91. The Morgan fingerprint density at radius 3 is 2.28 bits per heavy atom. The summed E-state index contributed by atoms with van der Waals surface area (Å²) in [7, 11) is -3.30. The van der Waals surface area contributed by atoms with E-state index in [-0.39, 0.29) is 11.7 Å². The smallest absolute Gasteiger partial charge is 0.193 e. The van der Waals surface area contributed by atoms with Crippen molar-refractivity contribution in [2.24, 2.45) is 10.7 Å². The van der Waals surface area contributed by atoms with Crippen LogP contribution in [0.25, 0.3) is 0 Å². The Balaban J connectivity index is 1.51. The first kappa shape index (κ1) is 20.4. The molecule has 0 heterocycles. The Kier molecular flexibility index (Phi) is 6.86. The molecule has 0 unspecified atom stereocenters. The first-order valence-corrected chi connectivity index (χ1v) is 10.9. The molecule has 150 valence electrons. The molecule has 0 radical (unpaired) electrons. The van der Waals surface area contributed by atoms with Crippen LogP contribution in [-0.4, -0.2) is 26.7 Å². The van der Waals surface area contributed by atoms with Crippen molar-refractivity contribution >= 4 is 21.5 Å². The Labute approximate surface area is 171 Å². The lowest BCUT2D eigenvalue weighted by Crippen LogP contribution is -2.23. The zero-order valence-electron chi connectivity index (χ0n) is 15.9. The van der Waals surface area contributed by atoms with E-state index in [1.165, 1.54) is 0 Å². The first-order chi connectivity index (χ1) is 14.0. The molecule has 7 heteroatoms. The summed E-state index contributed by atoms with van der Waals surface area (Å²) in [5.74, 6) is 1.65. The fourth-order valence-corrected chi connectivity index (χ4v) is 3.97. The lowest BCUT2D eigenvalue weighted by atomic mass is 10.3. The summed E-state index contributed by atoms with van der Waals surface area (Å²) in [5, 5.41) is 3.00. The Morgan fingerprint density at radius 1 is 0.897 bits per heavy atom. The molecule has 29 heavy (non-hydrogen) atoms. The minimum absolute atomic E-state index is 0.0220. The monoisotopic (exact) mass is 409 g/mol. The number of sulfone groups is 1. The Hall–Kier alpha value is -3.32. The molecule has 0 atom stereocenters. The van der Waals surface area contributed by atoms with Gasteiger partial charge in [0.1, 0.15) is 11.5 Å². The van der Waals surface area contributed by atoms with Gasteiger partial charge in [-0.05, 0) is 42.8 Å². The zero-order valence-corrected chi connectivity index (χ0v) is 16.7. The van der Waals surface area contributed by atoms with Gasteiger partial charge in [0.2, 0.25) is 0 Å². The summed E-state index contributed by atoms with van der Waals surface area (Å²) in [6.07, 6.45) is 0.386. The number of nitrogens with one attached hydrogen (secondary N) is 1. The molecule has 0 aliphatic carbocycles. The van der Waals surface area contributed by atoms with Gasteiger partial charge < -0.3 is 15.8 Å². The highest BCUT2D eigenvalue weighted by Gasteiger charge is 2.12. The maximum absolute atomic E-state index is 12.2. The molecule has 0 bridgehead atoms. The van der Waals surface area contributed by atoms with Crippen molar-refractivity contribution < 1.29 is 13.2 Å². The summed E-state index contributed by atoms with van der Waals surface area (Å²) in [5.41, 5.74) is 6.65. The quantitative estimate of drug-likeness (QED) is 0.332. The second-order valence-electron chi connectivity index (χ2n) is 6.32. The van der Waals surface area contributed by atoms with Gasteiger partial charge in [0.05, 0.1) is 10.6 Å². The van der Waals surface area contributed by atoms with Gasteiger partial charge in [0.25, 0.3) is 0 Å². The number of nitrogens with two attached hydrogens (primary N) is 1. The van der Waals surface area contributed by atoms with Crippen LogP contribution in [0.4, 0.5) is 5.69 Å². The molecular weight excluding hydrogens is 386 g/mol. The third-order valence-electron chi connectivity index (χ3n) is 4.04. The summed E-state index contributed by atoms with van der Waals surface area (Å²) in [6.45, 7) is 0.311. The molecule has 0 fully saturated rings. The van der Waals surface area contributed by atoms with Crippen molar-refractivity contribution in [3.8, 4) is 11.5 Å². The van der Waals surface area contributed by atoms with E-state index in [4.69, 9.17) is 10.5 Å². The molecule has 3 aromatic rings. The summed E-state index contributed by atoms with van der Waals surface area (Å²) in [6, 6.07) is 25.2. The molecule has 3 aromatic carbocycles. The molecule has 0 spiro atoms. The third kappa shape index (κ3) is 6.36. The minimum Gasteiger partial charge on any atom is -0.457 e. The zero-order chi connectivity index (χ0) is 20.5. The van der Waals surface area contributed by atoms with Crippen LogP contribution in [0.15, 0.2) is 94.8 Å². The topological polar surface area (TPSA) is 93.8 Å². The van der Waals surface area contributed by atoms with Crippen molar-refractivity contribution in [3.05, 3.63) is 84.9 Å². The molecule has 0 aromatic heterocycles. The Morgan fingerprint density at radius 2 is 1.55 bits per heavy atom. The average Bonchev–Trinajstić information content (AvgIpc) is 2.73.